The normalized spacial score (nSPS) is 11.9. The molecule has 1 atom stereocenters. The molecule has 2 aromatic carbocycles. The van der Waals surface area contributed by atoms with Gasteiger partial charge < -0.3 is 10.1 Å². The summed E-state index contributed by atoms with van der Waals surface area (Å²) in [6, 6.07) is 15.9. The molecular formula is C26H30N6O2S. The van der Waals surface area contributed by atoms with Crippen molar-refractivity contribution in [2.75, 3.05) is 5.32 Å². The highest BCUT2D eigenvalue weighted by Crippen LogP contribution is 2.29. The summed E-state index contributed by atoms with van der Waals surface area (Å²) in [4.78, 5) is 13.0. The van der Waals surface area contributed by atoms with Gasteiger partial charge in [-0.15, -0.1) is 10.2 Å². The molecule has 0 radical (unpaired) electrons. The number of benzene rings is 2. The Hall–Kier alpha value is -3.59. The van der Waals surface area contributed by atoms with Crippen molar-refractivity contribution in [2.45, 2.75) is 51.6 Å². The molecule has 4 rings (SSSR count). The predicted octanol–water partition coefficient (Wildman–Crippen LogP) is 4.93. The Labute approximate surface area is 209 Å². The Bertz CT molecular complexity index is 1330. The van der Waals surface area contributed by atoms with Crippen LogP contribution in [0.1, 0.15) is 35.3 Å². The van der Waals surface area contributed by atoms with Gasteiger partial charge in [0.15, 0.2) is 11.0 Å². The van der Waals surface area contributed by atoms with Crippen LogP contribution in [-0.2, 0) is 18.4 Å². The van der Waals surface area contributed by atoms with Crippen molar-refractivity contribution in [3.63, 3.8) is 0 Å². The van der Waals surface area contributed by atoms with E-state index >= 15 is 0 Å². The fourth-order valence-corrected chi connectivity index (χ4v) is 4.75. The van der Waals surface area contributed by atoms with E-state index in [-0.39, 0.29) is 12.5 Å². The quantitative estimate of drug-likeness (QED) is 0.352. The average Bonchev–Trinajstić information content (AvgIpc) is 3.34. The monoisotopic (exact) mass is 490 g/mol. The summed E-state index contributed by atoms with van der Waals surface area (Å²) in [5.74, 6) is 1.39. The van der Waals surface area contributed by atoms with Crippen LogP contribution in [0, 0.1) is 27.7 Å². The Kier molecular flexibility index (Phi) is 7.25. The molecule has 4 aromatic rings. The smallest absolute Gasteiger partial charge is 0.237 e. The number of aromatic nitrogens is 5. The van der Waals surface area contributed by atoms with Crippen LogP contribution < -0.4 is 10.1 Å². The molecule has 1 amide bonds. The fraction of sp³-hybridized carbons (Fsp3) is 0.308. The molecule has 0 bridgehead atoms. The number of aryl methyl sites for hydroxylation is 4. The zero-order chi connectivity index (χ0) is 25.1. The van der Waals surface area contributed by atoms with E-state index in [1.165, 1.54) is 11.8 Å². The number of carbonyl (C=O) groups is 1. The zero-order valence-electron chi connectivity index (χ0n) is 20.9. The van der Waals surface area contributed by atoms with Crippen molar-refractivity contribution in [1.29, 1.82) is 0 Å². The molecule has 0 spiro atoms. The molecule has 8 nitrogen and oxygen atoms in total. The van der Waals surface area contributed by atoms with E-state index in [1.54, 1.807) is 4.68 Å². The maximum atomic E-state index is 13.0. The van der Waals surface area contributed by atoms with Gasteiger partial charge in [-0.1, -0.05) is 48.2 Å². The highest BCUT2D eigenvalue weighted by Gasteiger charge is 2.23. The second-order valence-electron chi connectivity index (χ2n) is 8.50. The number of amides is 1. The zero-order valence-corrected chi connectivity index (χ0v) is 21.7. The van der Waals surface area contributed by atoms with Gasteiger partial charge in [0.05, 0.1) is 22.3 Å². The predicted molar refractivity (Wildman–Crippen MR) is 138 cm³/mol. The average molecular weight is 491 g/mol. The number of anilines is 1. The van der Waals surface area contributed by atoms with E-state index in [0.717, 1.165) is 39.6 Å². The van der Waals surface area contributed by atoms with Gasteiger partial charge in [-0.3, -0.25) is 14.0 Å². The van der Waals surface area contributed by atoms with Crippen molar-refractivity contribution in [3.05, 3.63) is 76.9 Å². The van der Waals surface area contributed by atoms with Crippen LogP contribution in [0.3, 0.4) is 0 Å². The molecule has 0 fully saturated rings. The third-order valence-electron chi connectivity index (χ3n) is 5.88. The number of rotatable bonds is 8. The molecule has 1 unspecified atom stereocenters. The van der Waals surface area contributed by atoms with Gasteiger partial charge in [0.2, 0.25) is 5.91 Å². The SMILES string of the molecule is Cc1cccc(C)c1OCc1nnc(SC(C)C(=O)Nc2c(C)nn(C)c2C)n1-c1ccccc1. The van der Waals surface area contributed by atoms with Gasteiger partial charge in [0.1, 0.15) is 12.4 Å². The maximum Gasteiger partial charge on any atom is 0.237 e. The molecule has 1 N–H and O–H groups in total. The number of hydrogen-bond acceptors (Lipinski definition) is 6. The van der Waals surface area contributed by atoms with Gasteiger partial charge in [-0.05, 0) is 57.9 Å². The molecule has 0 saturated carbocycles. The minimum absolute atomic E-state index is 0.120. The van der Waals surface area contributed by atoms with Crippen molar-refractivity contribution in [2.24, 2.45) is 7.05 Å². The molecule has 0 aliphatic carbocycles. The van der Waals surface area contributed by atoms with E-state index in [1.807, 2.05) is 94.8 Å². The Balaban J connectivity index is 1.57. The first-order chi connectivity index (χ1) is 16.8. The van der Waals surface area contributed by atoms with E-state index in [2.05, 4.69) is 20.6 Å². The highest BCUT2D eigenvalue weighted by atomic mass is 32.2. The summed E-state index contributed by atoms with van der Waals surface area (Å²) in [5, 5.41) is 16.4. The molecule has 9 heteroatoms. The molecule has 0 aliphatic rings. The summed E-state index contributed by atoms with van der Waals surface area (Å²) in [5.41, 5.74) is 5.48. The first kappa shape index (κ1) is 24.5. The molecule has 2 heterocycles. The van der Waals surface area contributed by atoms with Crippen LogP contribution in [0.25, 0.3) is 5.69 Å². The molecular weight excluding hydrogens is 460 g/mol. The van der Waals surface area contributed by atoms with E-state index < -0.39 is 5.25 Å². The van der Waals surface area contributed by atoms with Crippen molar-refractivity contribution in [1.82, 2.24) is 24.5 Å². The number of para-hydroxylation sites is 2. The van der Waals surface area contributed by atoms with Gasteiger partial charge >= 0.3 is 0 Å². The van der Waals surface area contributed by atoms with Gasteiger partial charge in [0.25, 0.3) is 0 Å². The van der Waals surface area contributed by atoms with Crippen LogP contribution in [0.4, 0.5) is 5.69 Å². The lowest BCUT2D eigenvalue weighted by Gasteiger charge is -2.15. The summed E-state index contributed by atoms with van der Waals surface area (Å²) in [7, 11) is 1.86. The molecule has 182 valence electrons. The minimum Gasteiger partial charge on any atom is -0.485 e. The van der Waals surface area contributed by atoms with Crippen LogP contribution in [0.2, 0.25) is 0 Å². The van der Waals surface area contributed by atoms with Crippen LogP contribution in [0.5, 0.6) is 5.75 Å². The fourth-order valence-electron chi connectivity index (χ4n) is 3.86. The topological polar surface area (TPSA) is 86.9 Å². The van der Waals surface area contributed by atoms with Crippen molar-refractivity contribution >= 4 is 23.4 Å². The van der Waals surface area contributed by atoms with E-state index in [4.69, 9.17) is 4.74 Å². The third kappa shape index (κ3) is 5.24. The summed E-state index contributed by atoms with van der Waals surface area (Å²) in [6.07, 6.45) is 0. The summed E-state index contributed by atoms with van der Waals surface area (Å²) < 4.78 is 9.88. The molecule has 0 saturated heterocycles. The van der Waals surface area contributed by atoms with Crippen molar-refractivity contribution < 1.29 is 9.53 Å². The van der Waals surface area contributed by atoms with E-state index in [9.17, 15) is 4.79 Å². The number of carbonyl (C=O) groups excluding carboxylic acids is 1. The minimum atomic E-state index is -0.409. The first-order valence-electron chi connectivity index (χ1n) is 11.4. The second-order valence-corrected chi connectivity index (χ2v) is 9.81. The number of hydrogen-bond donors (Lipinski definition) is 1. The Morgan fingerprint density at radius 2 is 1.71 bits per heavy atom. The number of ether oxygens (including phenoxy) is 1. The molecule has 2 aromatic heterocycles. The highest BCUT2D eigenvalue weighted by molar-refractivity contribution is 8.00. The largest absolute Gasteiger partial charge is 0.485 e. The van der Waals surface area contributed by atoms with Crippen LogP contribution in [0.15, 0.2) is 53.7 Å². The number of thioether (sulfide) groups is 1. The first-order valence-corrected chi connectivity index (χ1v) is 12.3. The summed E-state index contributed by atoms with van der Waals surface area (Å²) in [6.45, 7) is 9.98. The Morgan fingerprint density at radius 1 is 1.03 bits per heavy atom. The van der Waals surface area contributed by atoms with Crippen LogP contribution >= 0.6 is 11.8 Å². The lowest BCUT2D eigenvalue weighted by molar-refractivity contribution is -0.115. The van der Waals surface area contributed by atoms with Gasteiger partial charge in [-0.25, -0.2) is 0 Å². The Morgan fingerprint density at radius 3 is 2.34 bits per heavy atom. The standard InChI is InChI=1S/C26H30N6O2S/c1-16-11-10-12-17(2)24(16)34-15-22-28-29-26(32(22)21-13-8-7-9-14-21)35-20(5)25(33)27-23-18(3)30-31(6)19(23)4/h7-14,20H,15H2,1-6H3,(H,27,33). The summed E-state index contributed by atoms with van der Waals surface area (Å²) >= 11 is 1.35. The maximum absolute atomic E-state index is 13.0. The molecule has 0 aliphatic heterocycles. The second kappa shape index (κ2) is 10.4. The van der Waals surface area contributed by atoms with Gasteiger partial charge in [0, 0.05) is 12.7 Å². The van der Waals surface area contributed by atoms with Gasteiger partial charge in [-0.2, -0.15) is 5.10 Å². The van der Waals surface area contributed by atoms with Crippen LogP contribution in [-0.4, -0.2) is 35.7 Å². The lowest BCUT2D eigenvalue weighted by atomic mass is 10.1. The number of nitrogens with zero attached hydrogens (tertiary/aromatic N) is 5. The van der Waals surface area contributed by atoms with E-state index in [0.29, 0.717) is 11.0 Å². The number of nitrogens with one attached hydrogen (secondary N) is 1. The van der Waals surface area contributed by atoms with Crippen molar-refractivity contribution in [3.8, 4) is 11.4 Å². The molecule has 35 heavy (non-hydrogen) atoms. The third-order valence-corrected chi connectivity index (χ3v) is 6.92. The lowest BCUT2D eigenvalue weighted by Crippen LogP contribution is -2.23.